The van der Waals surface area contributed by atoms with Gasteiger partial charge in [-0.15, -0.1) is 5.10 Å². The Hall–Kier alpha value is -2.85. The van der Waals surface area contributed by atoms with Crippen molar-refractivity contribution in [3.8, 4) is 11.8 Å². The van der Waals surface area contributed by atoms with Gasteiger partial charge >= 0.3 is 11.2 Å². The summed E-state index contributed by atoms with van der Waals surface area (Å²) < 4.78 is 3.39. The van der Waals surface area contributed by atoms with Gasteiger partial charge in [0.2, 0.25) is 5.65 Å². The van der Waals surface area contributed by atoms with Crippen molar-refractivity contribution in [1.82, 2.24) is 18.7 Å². The van der Waals surface area contributed by atoms with Crippen LogP contribution >= 0.6 is 11.6 Å². The van der Waals surface area contributed by atoms with E-state index < -0.39 is 11.2 Å². The summed E-state index contributed by atoms with van der Waals surface area (Å²) in [5.41, 5.74) is -0.467. The van der Waals surface area contributed by atoms with Crippen molar-refractivity contribution < 1.29 is 0 Å². The summed E-state index contributed by atoms with van der Waals surface area (Å²) in [7, 11) is 0. The summed E-state index contributed by atoms with van der Waals surface area (Å²) in [6, 6.07) is 8.58. The van der Waals surface area contributed by atoms with E-state index in [4.69, 9.17) is 16.9 Å². The minimum atomic E-state index is -0.526. The number of halogens is 1. The van der Waals surface area contributed by atoms with Crippen molar-refractivity contribution in [3.63, 3.8) is 0 Å². The molecule has 0 fully saturated rings. The van der Waals surface area contributed by atoms with Crippen LogP contribution in [0.1, 0.15) is 0 Å². The van der Waals surface area contributed by atoms with Crippen LogP contribution in [0.3, 0.4) is 0 Å². The maximum Gasteiger partial charge on any atom is 0.351 e. The summed E-state index contributed by atoms with van der Waals surface area (Å²) in [6.45, 7) is -0.211. The first-order valence-electron chi connectivity index (χ1n) is 5.95. The lowest BCUT2D eigenvalue weighted by Gasteiger charge is -2.05. The lowest BCUT2D eigenvalue weighted by atomic mass is 10.3. The zero-order chi connectivity index (χ0) is 15.0. The largest absolute Gasteiger partial charge is 0.351 e. The molecule has 0 saturated heterocycles. The molecule has 7 nitrogen and oxygen atoms in total. The number of aromatic nitrogens is 4. The van der Waals surface area contributed by atoms with Crippen LogP contribution < -0.4 is 11.2 Å². The Kier molecular flexibility index (Phi) is 3.08. The van der Waals surface area contributed by atoms with Gasteiger partial charge in [-0.25, -0.2) is 9.20 Å². The Labute approximate surface area is 122 Å². The Balaban J connectivity index is 2.29. The fourth-order valence-electron chi connectivity index (χ4n) is 2.01. The second-order valence-electron chi connectivity index (χ2n) is 4.25. The summed E-state index contributed by atoms with van der Waals surface area (Å²) in [5.74, 6) is 0. The fraction of sp³-hybridized carbons (Fsp3) is 0.0769. The molecule has 21 heavy (non-hydrogen) atoms. The molecule has 3 rings (SSSR count). The number of nitriles is 1. The average Bonchev–Trinajstić information content (AvgIpc) is 2.78. The molecule has 3 aromatic rings. The van der Waals surface area contributed by atoms with Crippen molar-refractivity contribution in [2.24, 2.45) is 0 Å². The first-order chi connectivity index (χ1) is 10.1. The van der Waals surface area contributed by atoms with Crippen LogP contribution in [0.25, 0.3) is 11.3 Å². The van der Waals surface area contributed by atoms with Gasteiger partial charge < -0.3 is 0 Å². The predicted octanol–water partition coefficient (Wildman–Crippen LogP) is 0.824. The maximum absolute atomic E-state index is 12.4. The topological polar surface area (TPSA) is 85.1 Å². The number of hydrogen-bond donors (Lipinski definition) is 0. The van der Waals surface area contributed by atoms with E-state index in [1.165, 1.54) is 17.0 Å². The molecule has 0 radical (unpaired) electrons. The quantitative estimate of drug-likeness (QED) is 0.701. The Morgan fingerprint density at radius 3 is 2.81 bits per heavy atom. The monoisotopic (exact) mass is 301 g/mol. The molecule has 0 amide bonds. The molecular weight excluding hydrogens is 294 g/mol. The number of hydrogen-bond acceptors (Lipinski definition) is 4. The molecule has 0 saturated carbocycles. The molecular formula is C13H8ClN5O2. The van der Waals surface area contributed by atoms with Crippen molar-refractivity contribution in [3.05, 3.63) is 62.5 Å². The highest BCUT2D eigenvalue weighted by molar-refractivity contribution is 6.30. The Morgan fingerprint density at radius 1 is 1.29 bits per heavy atom. The zero-order valence-corrected chi connectivity index (χ0v) is 11.4. The highest BCUT2D eigenvalue weighted by Crippen LogP contribution is 2.13. The van der Waals surface area contributed by atoms with E-state index in [0.29, 0.717) is 10.7 Å². The highest BCUT2D eigenvalue weighted by Gasteiger charge is 2.12. The second-order valence-corrected chi connectivity index (χ2v) is 4.68. The molecule has 0 spiro atoms. The van der Waals surface area contributed by atoms with Crippen molar-refractivity contribution in [2.75, 3.05) is 0 Å². The lowest BCUT2D eigenvalue weighted by molar-refractivity contribution is 0.679. The molecule has 0 bridgehead atoms. The van der Waals surface area contributed by atoms with E-state index >= 15 is 0 Å². The third-order valence-electron chi connectivity index (χ3n) is 2.95. The van der Waals surface area contributed by atoms with Crippen LogP contribution in [0.4, 0.5) is 0 Å². The van der Waals surface area contributed by atoms with Crippen LogP contribution in [0, 0.1) is 11.3 Å². The summed E-state index contributed by atoms with van der Waals surface area (Å²) in [6.07, 6.45) is 2.89. The van der Waals surface area contributed by atoms with E-state index in [1.54, 1.807) is 24.3 Å². The predicted molar refractivity (Wildman–Crippen MR) is 75.7 cm³/mol. The van der Waals surface area contributed by atoms with Crippen LogP contribution in [0.15, 0.2) is 46.2 Å². The normalized spacial score (nSPS) is 10.7. The first kappa shape index (κ1) is 13.1. The summed E-state index contributed by atoms with van der Waals surface area (Å²) in [5, 5.41) is 13.0. The van der Waals surface area contributed by atoms with Crippen LogP contribution in [0.2, 0.25) is 5.02 Å². The van der Waals surface area contributed by atoms with Gasteiger partial charge in [0.1, 0.15) is 6.54 Å². The van der Waals surface area contributed by atoms with Crippen molar-refractivity contribution in [2.45, 2.75) is 6.54 Å². The first-order valence-corrected chi connectivity index (χ1v) is 6.33. The zero-order valence-electron chi connectivity index (χ0n) is 10.6. The fourth-order valence-corrected chi connectivity index (χ4v) is 2.19. The van der Waals surface area contributed by atoms with Crippen LogP contribution in [-0.2, 0) is 6.54 Å². The third kappa shape index (κ3) is 2.11. The second kappa shape index (κ2) is 4.92. The summed E-state index contributed by atoms with van der Waals surface area (Å²) in [4.78, 5) is 24.3. The highest BCUT2D eigenvalue weighted by atomic mass is 35.5. The SMILES string of the molecule is N#CCn1nc2c(=O)n(-c3cccc(Cl)c3)ccn2c1=O. The van der Waals surface area contributed by atoms with Crippen LogP contribution in [-0.4, -0.2) is 18.7 Å². The van der Waals surface area contributed by atoms with E-state index in [-0.39, 0.29) is 12.2 Å². The standard InChI is InChI=1S/C13H8ClN5O2/c14-9-2-1-3-10(8-9)17-6-7-18-11(12(17)20)16-19(5-4-15)13(18)21/h1-3,6-8H,5H2. The van der Waals surface area contributed by atoms with Gasteiger partial charge in [0, 0.05) is 17.4 Å². The maximum atomic E-state index is 12.4. The van der Waals surface area contributed by atoms with E-state index in [2.05, 4.69) is 5.10 Å². The molecule has 0 aliphatic rings. The Morgan fingerprint density at radius 2 is 2.10 bits per heavy atom. The molecule has 2 aromatic heterocycles. The van der Waals surface area contributed by atoms with Gasteiger partial charge in [0.05, 0.1) is 11.8 Å². The van der Waals surface area contributed by atoms with Gasteiger partial charge in [-0.1, -0.05) is 17.7 Å². The van der Waals surface area contributed by atoms with Gasteiger partial charge in [0.25, 0.3) is 0 Å². The van der Waals surface area contributed by atoms with Gasteiger partial charge in [-0.05, 0) is 18.2 Å². The molecule has 0 aliphatic carbocycles. The average molecular weight is 302 g/mol. The van der Waals surface area contributed by atoms with Crippen LogP contribution in [0.5, 0.6) is 0 Å². The molecule has 2 heterocycles. The number of benzene rings is 1. The van der Waals surface area contributed by atoms with Gasteiger partial charge in [0.15, 0.2) is 0 Å². The molecule has 0 N–H and O–H groups in total. The number of fused-ring (bicyclic) bond motifs is 1. The molecule has 104 valence electrons. The molecule has 0 aliphatic heterocycles. The smallest absolute Gasteiger partial charge is 0.280 e. The minimum absolute atomic E-state index is 0.0438. The van der Waals surface area contributed by atoms with E-state index in [9.17, 15) is 9.59 Å². The molecule has 8 heteroatoms. The molecule has 1 aromatic carbocycles. The number of rotatable bonds is 2. The Bertz CT molecular complexity index is 992. The van der Waals surface area contributed by atoms with Crippen molar-refractivity contribution >= 4 is 17.2 Å². The van der Waals surface area contributed by atoms with E-state index in [1.807, 2.05) is 6.07 Å². The molecule has 0 unspecified atom stereocenters. The summed E-state index contributed by atoms with van der Waals surface area (Å²) >= 11 is 5.91. The number of nitrogens with zero attached hydrogens (tertiary/aromatic N) is 5. The third-order valence-corrected chi connectivity index (χ3v) is 3.19. The van der Waals surface area contributed by atoms with Gasteiger partial charge in [-0.2, -0.15) is 9.94 Å². The lowest BCUT2D eigenvalue weighted by Crippen LogP contribution is -2.24. The van der Waals surface area contributed by atoms with Gasteiger partial charge in [-0.3, -0.25) is 9.36 Å². The minimum Gasteiger partial charge on any atom is -0.280 e. The van der Waals surface area contributed by atoms with Crippen molar-refractivity contribution in [1.29, 1.82) is 5.26 Å². The van der Waals surface area contributed by atoms with E-state index in [0.717, 1.165) is 9.08 Å². The molecule has 0 atom stereocenters.